The molecule has 0 saturated carbocycles. The molecule has 1 aliphatic heterocycles. The lowest BCUT2D eigenvalue weighted by Crippen LogP contribution is -2.50. The average molecular weight is 257 g/mol. The molecular formula is C12H23N3O3. The molecule has 0 aliphatic carbocycles. The van der Waals surface area contributed by atoms with E-state index in [-0.39, 0.29) is 23.8 Å². The van der Waals surface area contributed by atoms with Crippen LogP contribution in [0.1, 0.15) is 34.1 Å². The number of hydrogen-bond donors (Lipinski definition) is 2. The Labute approximate surface area is 108 Å². The van der Waals surface area contributed by atoms with E-state index in [0.29, 0.717) is 13.1 Å². The fraction of sp³-hybridized carbons (Fsp3) is 0.833. The maximum absolute atomic E-state index is 12.0. The Morgan fingerprint density at radius 3 is 2.44 bits per heavy atom. The summed E-state index contributed by atoms with van der Waals surface area (Å²) in [5.41, 5.74) is 1.62. The van der Waals surface area contributed by atoms with Crippen LogP contribution in [-0.2, 0) is 9.53 Å². The van der Waals surface area contributed by atoms with E-state index in [4.69, 9.17) is 10.6 Å². The maximum Gasteiger partial charge on any atom is 0.410 e. The Morgan fingerprint density at radius 1 is 1.33 bits per heavy atom. The van der Waals surface area contributed by atoms with E-state index < -0.39 is 5.60 Å². The highest BCUT2D eigenvalue weighted by atomic mass is 16.6. The van der Waals surface area contributed by atoms with Crippen molar-refractivity contribution < 1.29 is 14.3 Å². The maximum atomic E-state index is 12.0. The molecule has 3 N–H and O–H groups in total. The van der Waals surface area contributed by atoms with Crippen LogP contribution in [0, 0.1) is 11.8 Å². The minimum absolute atomic E-state index is 0.227. The van der Waals surface area contributed by atoms with Gasteiger partial charge in [0.2, 0.25) is 5.91 Å². The zero-order chi connectivity index (χ0) is 13.9. The second-order valence-electron chi connectivity index (χ2n) is 5.93. The molecule has 1 aliphatic rings. The topological polar surface area (TPSA) is 84.7 Å². The predicted molar refractivity (Wildman–Crippen MR) is 67.4 cm³/mol. The lowest BCUT2D eigenvalue weighted by Gasteiger charge is -2.36. The van der Waals surface area contributed by atoms with Crippen LogP contribution >= 0.6 is 0 Å². The minimum atomic E-state index is -0.524. The third-order valence-electron chi connectivity index (χ3n) is 2.82. The Hall–Kier alpha value is -1.30. The largest absolute Gasteiger partial charge is 0.444 e. The normalized spacial score (nSPS) is 24.6. The summed E-state index contributed by atoms with van der Waals surface area (Å²) in [5.74, 6) is 4.91. The van der Waals surface area contributed by atoms with Gasteiger partial charge < -0.3 is 9.64 Å². The van der Waals surface area contributed by atoms with Gasteiger partial charge in [0, 0.05) is 13.1 Å². The van der Waals surface area contributed by atoms with E-state index in [1.165, 1.54) is 0 Å². The van der Waals surface area contributed by atoms with Gasteiger partial charge in [-0.1, -0.05) is 6.92 Å². The molecule has 2 unspecified atom stereocenters. The number of ether oxygens (including phenoxy) is 1. The van der Waals surface area contributed by atoms with Crippen molar-refractivity contribution in [3.63, 3.8) is 0 Å². The summed E-state index contributed by atoms with van der Waals surface area (Å²) < 4.78 is 5.31. The van der Waals surface area contributed by atoms with Crippen molar-refractivity contribution in [1.82, 2.24) is 10.3 Å². The van der Waals surface area contributed by atoms with Gasteiger partial charge in [0.25, 0.3) is 0 Å². The van der Waals surface area contributed by atoms with Crippen molar-refractivity contribution in [2.75, 3.05) is 13.1 Å². The fourth-order valence-electron chi connectivity index (χ4n) is 2.13. The van der Waals surface area contributed by atoms with Crippen molar-refractivity contribution in [2.24, 2.45) is 17.7 Å². The van der Waals surface area contributed by atoms with Gasteiger partial charge >= 0.3 is 6.09 Å². The Kier molecular flexibility index (Phi) is 4.56. The van der Waals surface area contributed by atoms with Crippen molar-refractivity contribution in [3.05, 3.63) is 0 Å². The van der Waals surface area contributed by atoms with Crippen LogP contribution in [0.4, 0.5) is 4.79 Å². The molecule has 2 atom stereocenters. The average Bonchev–Trinajstić information content (AvgIpc) is 2.24. The third kappa shape index (κ3) is 4.18. The molecule has 1 rings (SSSR count). The van der Waals surface area contributed by atoms with Crippen molar-refractivity contribution in [3.8, 4) is 0 Å². The molecule has 0 aromatic heterocycles. The second-order valence-corrected chi connectivity index (χ2v) is 5.93. The number of hydrogen-bond acceptors (Lipinski definition) is 4. The van der Waals surface area contributed by atoms with Crippen LogP contribution in [0.15, 0.2) is 0 Å². The number of amides is 2. The summed E-state index contributed by atoms with van der Waals surface area (Å²) in [5, 5.41) is 0. The van der Waals surface area contributed by atoms with E-state index in [2.05, 4.69) is 5.43 Å². The smallest absolute Gasteiger partial charge is 0.410 e. The molecule has 0 spiro atoms. The zero-order valence-corrected chi connectivity index (χ0v) is 11.5. The first-order valence-electron chi connectivity index (χ1n) is 6.21. The van der Waals surface area contributed by atoms with Gasteiger partial charge in [-0.2, -0.15) is 0 Å². The first kappa shape index (κ1) is 14.8. The van der Waals surface area contributed by atoms with Gasteiger partial charge in [-0.25, -0.2) is 10.6 Å². The summed E-state index contributed by atoms with van der Waals surface area (Å²) in [4.78, 5) is 25.1. The molecule has 6 nitrogen and oxygen atoms in total. The predicted octanol–water partition coefficient (Wildman–Crippen LogP) is 0.869. The molecule has 6 heteroatoms. The number of nitrogens with two attached hydrogens (primary N) is 1. The van der Waals surface area contributed by atoms with Crippen LogP contribution in [-0.4, -0.2) is 35.6 Å². The lowest BCUT2D eigenvalue weighted by atomic mass is 9.90. The summed E-state index contributed by atoms with van der Waals surface area (Å²) >= 11 is 0. The summed E-state index contributed by atoms with van der Waals surface area (Å²) in [6, 6.07) is 0. The quantitative estimate of drug-likeness (QED) is 0.415. The highest BCUT2D eigenvalue weighted by molar-refractivity contribution is 5.79. The Morgan fingerprint density at radius 2 is 1.94 bits per heavy atom. The first-order chi connectivity index (χ1) is 8.23. The highest BCUT2D eigenvalue weighted by Gasteiger charge is 2.33. The van der Waals surface area contributed by atoms with E-state index in [1.54, 1.807) is 4.90 Å². The van der Waals surface area contributed by atoms with Crippen LogP contribution in [0.2, 0.25) is 0 Å². The number of piperidine rings is 1. The van der Waals surface area contributed by atoms with E-state index in [0.717, 1.165) is 6.42 Å². The number of nitrogens with one attached hydrogen (secondary N) is 1. The number of carbonyl (C=O) groups excluding carboxylic acids is 2. The molecule has 2 amide bonds. The first-order valence-corrected chi connectivity index (χ1v) is 6.21. The van der Waals surface area contributed by atoms with E-state index >= 15 is 0 Å². The monoisotopic (exact) mass is 257 g/mol. The summed E-state index contributed by atoms with van der Waals surface area (Å²) in [7, 11) is 0. The number of likely N-dealkylation sites (tertiary alicyclic amines) is 1. The number of nitrogens with zero attached hydrogens (tertiary/aromatic N) is 1. The van der Waals surface area contributed by atoms with Gasteiger partial charge in [-0.15, -0.1) is 0 Å². The molecule has 1 fully saturated rings. The molecule has 18 heavy (non-hydrogen) atoms. The molecule has 0 aromatic rings. The standard InChI is InChI=1S/C12H23N3O3/c1-8-5-9(10(16)14-13)7-15(6-8)11(17)18-12(2,3)4/h8-9H,5-7,13H2,1-4H3,(H,14,16). The molecular weight excluding hydrogens is 234 g/mol. The lowest BCUT2D eigenvalue weighted by molar-refractivity contribution is -0.127. The Bertz CT molecular complexity index is 325. The van der Waals surface area contributed by atoms with Crippen LogP contribution in [0.25, 0.3) is 0 Å². The molecule has 0 bridgehead atoms. The molecule has 0 radical (unpaired) electrons. The molecule has 0 aromatic carbocycles. The zero-order valence-electron chi connectivity index (χ0n) is 11.5. The molecule has 1 saturated heterocycles. The van der Waals surface area contributed by atoms with Gasteiger partial charge in [-0.3, -0.25) is 10.2 Å². The van der Waals surface area contributed by atoms with Gasteiger partial charge in [0.15, 0.2) is 0 Å². The summed E-state index contributed by atoms with van der Waals surface area (Å²) in [6.45, 7) is 8.45. The van der Waals surface area contributed by atoms with Crippen LogP contribution in [0.3, 0.4) is 0 Å². The number of rotatable bonds is 1. The van der Waals surface area contributed by atoms with E-state index in [9.17, 15) is 9.59 Å². The van der Waals surface area contributed by atoms with Crippen molar-refractivity contribution in [1.29, 1.82) is 0 Å². The SMILES string of the molecule is CC1CC(C(=O)NN)CN(C(=O)OC(C)(C)C)C1. The fourth-order valence-corrected chi connectivity index (χ4v) is 2.13. The number of hydrazine groups is 1. The third-order valence-corrected chi connectivity index (χ3v) is 2.82. The molecule has 1 heterocycles. The minimum Gasteiger partial charge on any atom is -0.444 e. The Balaban J connectivity index is 2.66. The van der Waals surface area contributed by atoms with Gasteiger partial charge in [0.05, 0.1) is 5.92 Å². The summed E-state index contributed by atoms with van der Waals surface area (Å²) in [6.07, 6.45) is 0.367. The second kappa shape index (κ2) is 5.56. The van der Waals surface area contributed by atoms with Gasteiger partial charge in [-0.05, 0) is 33.1 Å². The molecule has 104 valence electrons. The van der Waals surface area contributed by atoms with Crippen molar-refractivity contribution >= 4 is 12.0 Å². The van der Waals surface area contributed by atoms with Crippen LogP contribution < -0.4 is 11.3 Å². The van der Waals surface area contributed by atoms with Crippen molar-refractivity contribution in [2.45, 2.75) is 39.7 Å². The van der Waals surface area contributed by atoms with Crippen LogP contribution in [0.5, 0.6) is 0 Å². The highest BCUT2D eigenvalue weighted by Crippen LogP contribution is 2.23. The number of carbonyl (C=O) groups is 2. The van der Waals surface area contributed by atoms with Gasteiger partial charge in [0.1, 0.15) is 5.60 Å². The van der Waals surface area contributed by atoms with E-state index in [1.807, 2.05) is 27.7 Å².